The van der Waals surface area contributed by atoms with Crippen LogP contribution in [0.25, 0.3) is 10.6 Å². The normalized spacial score (nSPS) is 11.6. The lowest BCUT2D eigenvalue weighted by Crippen LogP contribution is -2.16. The highest BCUT2D eigenvalue weighted by atomic mass is 32.1. The van der Waals surface area contributed by atoms with E-state index in [1.807, 2.05) is 45.0 Å². The second-order valence-corrected chi connectivity index (χ2v) is 6.65. The van der Waals surface area contributed by atoms with E-state index in [1.165, 1.54) is 11.3 Å². The summed E-state index contributed by atoms with van der Waals surface area (Å²) in [6.45, 7) is 6.40. The molecule has 1 heterocycles. The van der Waals surface area contributed by atoms with E-state index < -0.39 is 5.97 Å². The molecule has 0 fully saturated rings. The van der Waals surface area contributed by atoms with Gasteiger partial charge in [-0.3, -0.25) is 0 Å². The molecule has 0 radical (unpaired) electrons. The Balaban J connectivity index is 2.50. The molecule has 2 aromatic rings. The van der Waals surface area contributed by atoms with Gasteiger partial charge in [-0.2, -0.15) is 0 Å². The number of hydrogen-bond acceptors (Lipinski definition) is 4. The zero-order chi connectivity index (χ0) is 14.9. The first kappa shape index (κ1) is 14.7. The smallest absolute Gasteiger partial charge is 0.347 e. The molecule has 0 bridgehead atoms. The molecule has 0 saturated heterocycles. The maximum Gasteiger partial charge on any atom is 0.347 e. The van der Waals surface area contributed by atoms with E-state index in [1.54, 1.807) is 0 Å². The standard InChI is InChI=1S/C15H18N2O2S/c1-15(2,3)12-11(14(18)19)20-13(17-12)10-6-4-9(8-16)5-7-10/h4-7H,8,16H2,1-3H3,(H,18,19). The van der Waals surface area contributed by atoms with Crippen LogP contribution in [0.3, 0.4) is 0 Å². The third kappa shape index (κ3) is 2.89. The van der Waals surface area contributed by atoms with Crippen LogP contribution in [-0.2, 0) is 12.0 Å². The van der Waals surface area contributed by atoms with Gasteiger partial charge in [0.15, 0.2) is 0 Å². The molecule has 0 amide bonds. The van der Waals surface area contributed by atoms with Gasteiger partial charge >= 0.3 is 5.97 Å². The predicted molar refractivity (Wildman–Crippen MR) is 81.1 cm³/mol. The molecule has 0 aliphatic heterocycles. The zero-order valence-electron chi connectivity index (χ0n) is 11.8. The molecule has 5 heteroatoms. The van der Waals surface area contributed by atoms with Crippen molar-refractivity contribution in [1.82, 2.24) is 4.98 Å². The summed E-state index contributed by atoms with van der Waals surface area (Å²) in [5.74, 6) is -0.919. The minimum atomic E-state index is -0.919. The highest BCUT2D eigenvalue weighted by molar-refractivity contribution is 7.17. The van der Waals surface area contributed by atoms with Crippen LogP contribution >= 0.6 is 11.3 Å². The fourth-order valence-electron chi connectivity index (χ4n) is 1.88. The Labute approximate surface area is 122 Å². The summed E-state index contributed by atoms with van der Waals surface area (Å²) in [7, 11) is 0. The van der Waals surface area contributed by atoms with E-state index in [9.17, 15) is 9.90 Å². The van der Waals surface area contributed by atoms with Crippen molar-refractivity contribution in [3.8, 4) is 10.6 Å². The SMILES string of the molecule is CC(C)(C)c1nc(-c2ccc(CN)cc2)sc1C(=O)O. The van der Waals surface area contributed by atoms with Gasteiger partial charge in [-0.15, -0.1) is 11.3 Å². The molecule has 3 N–H and O–H groups in total. The van der Waals surface area contributed by atoms with Gasteiger partial charge in [0, 0.05) is 17.5 Å². The molecule has 0 spiro atoms. The summed E-state index contributed by atoms with van der Waals surface area (Å²) in [5.41, 5.74) is 7.88. The largest absolute Gasteiger partial charge is 0.477 e. The summed E-state index contributed by atoms with van der Waals surface area (Å²) < 4.78 is 0. The molecule has 1 aromatic heterocycles. The first-order chi connectivity index (χ1) is 9.32. The van der Waals surface area contributed by atoms with Crippen LogP contribution in [0.5, 0.6) is 0 Å². The van der Waals surface area contributed by atoms with Crippen LogP contribution in [0, 0.1) is 0 Å². The first-order valence-corrected chi connectivity index (χ1v) is 7.18. The highest BCUT2D eigenvalue weighted by Crippen LogP contribution is 2.34. The van der Waals surface area contributed by atoms with Crippen molar-refractivity contribution in [2.45, 2.75) is 32.7 Å². The van der Waals surface area contributed by atoms with Crippen LogP contribution in [0.1, 0.15) is 41.7 Å². The van der Waals surface area contributed by atoms with Crippen LogP contribution in [0.2, 0.25) is 0 Å². The molecule has 2 rings (SSSR count). The van der Waals surface area contributed by atoms with Gasteiger partial charge in [-0.05, 0) is 5.56 Å². The minimum absolute atomic E-state index is 0.292. The Bertz CT molecular complexity index is 624. The molecular formula is C15H18N2O2S. The molecule has 0 aliphatic rings. The maximum atomic E-state index is 11.4. The molecule has 4 nitrogen and oxygen atoms in total. The number of rotatable bonds is 3. The van der Waals surface area contributed by atoms with Crippen LogP contribution in [0.15, 0.2) is 24.3 Å². The van der Waals surface area contributed by atoms with Gasteiger partial charge in [-0.1, -0.05) is 45.0 Å². The van der Waals surface area contributed by atoms with Crippen LogP contribution < -0.4 is 5.73 Å². The number of carboxylic acid groups (broad SMARTS) is 1. The lowest BCUT2D eigenvalue weighted by molar-refractivity contribution is 0.0699. The lowest BCUT2D eigenvalue weighted by Gasteiger charge is -2.16. The van der Waals surface area contributed by atoms with Gasteiger partial charge in [0.2, 0.25) is 0 Å². The van der Waals surface area contributed by atoms with Crippen molar-refractivity contribution < 1.29 is 9.90 Å². The topological polar surface area (TPSA) is 76.2 Å². The summed E-state index contributed by atoms with van der Waals surface area (Å²) >= 11 is 1.22. The molecule has 20 heavy (non-hydrogen) atoms. The summed E-state index contributed by atoms with van der Waals surface area (Å²) in [5, 5.41) is 10.1. The number of carbonyl (C=O) groups is 1. The molecule has 106 valence electrons. The number of aromatic carboxylic acids is 1. The number of thiazole rings is 1. The summed E-state index contributed by atoms with van der Waals surface area (Å²) in [6.07, 6.45) is 0. The van der Waals surface area contributed by atoms with E-state index in [2.05, 4.69) is 4.98 Å². The van der Waals surface area contributed by atoms with E-state index in [0.29, 0.717) is 17.1 Å². The first-order valence-electron chi connectivity index (χ1n) is 6.37. The second-order valence-electron chi connectivity index (χ2n) is 5.65. The van der Waals surface area contributed by atoms with Crippen molar-refractivity contribution in [3.05, 3.63) is 40.4 Å². The Morgan fingerprint density at radius 1 is 1.30 bits per heavy atom. The van der Waals surface area contributed by atoms with Crippen molar-refractivity contribution in [2.75, 3.05) is 0 Å². The number of hydrogen-bond donors (Lipinski definition) is 2. The van der Waals surface area contributed by atoms with Gasteiger partial charge in [0.05, 0.1) is 5.69 Å². The maximum absolute atomic E-state index is 11.4. The monoisotopic (exact) mass is 290 g/mol. The average Bonchev–Trinajstić information content (AvgIpc) is 2.84. The van der Waals surface area contributed by atoms with Gasteiger partial charge < -0.3 is 10.8 Å². The van der Waals surface area contributed by atoms with Crippen molar-refractivity contribution in [2.24, 2.45) is 5.73 Å². The number of nitrogens with two attached hydrogens (primary N) is 1. The molecule has 0 saturated carbocycles. The number of benzene rings is 1. The Hall–Kier alpha value is -1.72. The molecule has 0 unspecified atom stereocenters. The Kier molecular flexibility index (Phi) is 3.92. The fourth-order valence-corrected chi connectivity index (χ4v) is 3.00. The summed E-state index contributed by atoms with van der Waals surface area (Å²) in [4.78, 5) is 16.2. The molecule has 0 atom stereocenters. The Morgan fingerprint density at radius 2 is 1.90 bits per heavy atom. The Morgan fingerprint density at radius 3 is 2.30 bits per heavy atom. The third-order valence-electron chi connectivity index (χ3n) is 2.97. The zero-order valence-corrected chi connectivity index (χ0v) is 12.6. The quantitative estimate of drug-likeness (QED) is 0.909. The average molecular weight is 290 g/mol. The van der Waals surface area contributed by atoms with Gasteiger partial charge in [0.25, 0.3) is 0 Å². The van der Waals surface area contributed by atoms with E-state index in [4.69, 9.17) is 5.73 Å². The highest BCUT2D eigenvalue weighted by Gasteiger charge is 2.27. The van der Waals surface area contributed by atoms with Crippen LogP contribution in [-0.4, -0.2) is 16.1 Å². The fraction of sp³-hybridized carbons (Fsp3) is 0.333. The van der Waals surface area contributed by atoms with Gasteiger partial charge in [0.1, 0.15) is 9.88 Å². The molecular weight excluding hydrogens is 272 g/mol. The lowest BCUT2D eigenvalue weighted by atomic mass is 9.91. The third-order valence-corrected chi connectivity index (χ3v) is 4.06. The number of aromatic nitrogens is 1. The summed E-state index contributed by atoms with van der Waals surface area (Å²) in [6, 6.07) is 7.74. The number of carboxylic acids is 1. The van der Waals surface area contributed by atoms with Crippen molar-refractivity contribution >= 4 is 17.3 Å². The van der Waals surface area contributed by atoms with E-state index in [0.717, 1.165) is 16.1 Å². The van der Waals surface area contributed by atoms with E-state index >= 15 is 0 Å². The minimum Gasteiger partial charge on any atom is -0.477 e. The van der Waals surface area contributed by atoms with Crippen molar-refractivity contribution in [3.63, 3.8) is 0 Å². The van der Waals surface area contributed by atoms with Crippen LogP contribution in [0.4, 0.5) is 0 Å². The van der Waals surface area contributed by atoms with Gasteiger partial charge in [-0.25, -0.2) is 9.78 Å². The van der Waals surface area contributed by atoms with E-state index in [-0.39, 0.29) is 5.41 Å². The number of nitrogens with zero attached hydrogens (tertiary/aromatic N) is 1. The second kappa shape index (κ2) is 5.34. The molecule has 0 aliphatic carbocycles. The predicted octanol–water partition coefficient (Wildman–Crippen LogP) is 3.26. The van der Waals surface area contributed by atoms with Crippen molar-refractivity contribution in [1.29, 1.82) is 0 Å². The molecule has 1 aromatic carbocycles.